The zero-order chi connectivity index (χ0) is 13.8. The minimum Gasteiger partial charge on any atom is -0.508 e. The van der Waals surface area contributed by atoms with Crippen molar-refractivity contribution < 1.29 is 5.11 Å². The summed E-state index contributed by atoms with van der Waals surface area (Å²) in [4.78, 5) is 0. The number of aromatic hydroxyl groups is 1. The molecule has 0 aliphatic carbocycles. The molecule has 0 heterocycles. The van der Waals surface area contributed by atoms with Crippen LogP contribution in [-0.2, 0) is 6.42 Å². The third-order valence-corrected chi connectivity index (χ3v) is 3.33. The molecule has 1 atom stereocenters. The summed E-state index contributed by atoms with van der Waals surface area (Å²) in [7, 11) is 0. The number of nitrogens with one attached hydrogen (secondary N) is 1. The average molecular weight is 255 g/mol. The van der Waals surface area contributed by atoms with Crippen LogP contribution >= 0.6 is 0 Å². The first-order chi connectivity index (χ1) is 9.06. The molecule has 0 saturated carbocycles. The van der Waals surface area contributed by atoms with Crippen LogP contribution in [0.5, 0.6) is 5.75 Å². The van der Waals surface area contributed by atoms with Crippen LogP contribution in [0.25, 0.3) is 0 Å². The van der Waals surface area contributed by atoms with Crippen LogP contribution in [0.2, 0.25) is 0 Å². The third-order valence-electron chi connectivity index (χ3n) is 3.33. The lowest BCUT2D eigenvalue weighted by Crippen LogP contribution is -2.18. The van der Waals surface area contributed by atoms with Gasteiger partial charge in [0.2, 0.25) is 0 Å². The SMILES string of the molecule is Cc1cc(NC(C)Cc2ccccc2)c(C)cc1O. The molecule has 0 spiro atoms. The quantitative estimate of drug-likeness (QED) is 0.808. The standard InChI is InChI=1S/C17H21NO/c1-12-10-17(19)13(2)9-16(12)18-14(3)11-15-7-5-4-6-8-15/h4-10,14,18-19H,11H2,1-3H3. The third kappa shape index (κ3) is 3.50. The summed E-state index contributed by atoms with van der Waals surface area (Å²) in [6.07, 6.45) is 0.986. The van der Waals surface area contributed by atoms with Crippen molar-refractivity contribution in [1.82, 2.24) is 0 Å². The van der Waals surface area contributed by atoms with E-state index in [2.05, 4.69) is 36.5 Å². The second-order valence-electron chi connectivity index (χ2n) is 5.19. The molecule has 0 radical (unpaired) electrons. The van der Waals surface area contributed by atoms with Crippen LogP contribution in [0.4, 0.5) is 5.69 Å². The molecule has 0 aromatic heterocycles. The van der Waals surface area contributed by atoms with E-state index in [-0.39, 0.29) is 0 Å². The lowest BCUT2D eigenvalue weighted by atomic mass is 10.1. The van der Waals surface area contributed by atoms with E-state index in [0.717, 1.165) is 23.2 Å². The van der Waals surface area contributed by atoms with Crippen molar-refractivity contribution in [2.75, 3.05) is 5.32 Å². The Morgan fingerprint density at radius 1 is 1.05 bits per heavy atom. The Morgan fingerprint density at radius 2 is 1.74 bits per heavy atom. The highest BCUT2D eigenvalue weighted by Gasteiger charge is 2.07. The Kier molecular flexibility index (Phi) is 4.10. The minimum absolute atomic E-state index is 0.352. The van der Waals surface area contributed by atoms with Crippen molar-refractivity contribution in [2.24, 2.45) is 0 Å². The van der Waals surface area contributed by atoms with E-state index in [4.69, 9.17) is 0 Å². The number of aryl methyl sites for hydroxylation is 2. The van der Waals surface area contributed by atoms with E-state index in [1.54, 1.807) is 0 Å². The molecule has 2 aromatic carbocycles. The van der Waals surface area contributed by atoms with Crippen molar-refractivity contribution in [1.29, 1.82) is 0 Å². The van der Waals surface area contributed by atoms with E-state index in [0.29, 0.717) is 11.8 Å². The minimum atomic E-state index is 0.352. The van der Waals surface area contributed by atoms with Crippen LogP contribution in [0.15, 0.2) is 42.5 Å². The summed E-state index contributed by atoms with van der Waals surface area (Å²) in [5.74, 6) is 0.360. The normalized spacial score (nSPS) is 12.2. The van der Waals surface area contributed by atoms with E-state index in [1.165, 1.54) is 5.56 Å². The fourth-order valence-electron chi connectivity index (χ4n) is 2.24. The molecule has 2 nitrogen and oxygen atoms in total. The Morgan fingerprint density at radius 3 is 2.42 bits per heavy atom. The largest absolute Gasteiger partial charge is 0.508 e. The molecule has 0 bridgehead atoms. The van der Waals surface area contributed by atoms with Crippen molar-refractivity contribution in [3.05, 3.63) is 59.2 Å². The summed E-state index contributed by atoms with van der Waals surface area (Å²) in [6.45, 7) is 6.10. The topological polar surface area (TPSA) is 32.3 Å². The first-order valence-electron chi connectivity index (χ1n) is 6.67. The monoisotopic (exact) mass is 255 g/mol. The Labute approximate surface area is 115 Å². The highest BCUT2D eigenvalue weighted by Crippen LogP contribution is 2.25. The van der Waals surface area contributed by atoms with Gasteiger partial charge in [-0.2, -0.15) is 0 Å². The molecule has 0 aliphatic heterocycles. The number of rotatable bonds is 4. The number of hydrogen-bond acceptors (Lipinski definition) is 2. The van der Waals surface area contributed by atoms with E-state index < -0.39 is 0 Å². The number of hydrogen-bond donors (Lipinski definition) is 2. The van der Waals surface area contributed by atoms with Crippen LogP contribution in [-0.4, -0.2) is 11.1 Å². The van der Waals surface area contributed by atoms with Gasteiger partial charge < -0.3 is 10.4 Å². The van der Waals surface area contributed by atoms with Crippen LogP contribution < -0.4 is 5.32 Å². The Balaban J connectivity index is 2.07. The average Bonchev–Trinajstić information content (AvgIpc) is 2.37. The zero-order valence-electron chi connectivity index (χ0n) is 11.8. The number of benzene rings is 2. The van der Waals surface area contributed by atoms with E-state index >= 15 is 0 Å². The van der Waals surface area contributed by atoms with Crippen molar-refractivity contribution in [3.63, 3.8) is 0 Å². The van der Waals surface area contributed by atoms with Gasteiger partial charge in [0.15, 0.2) is 0 Å². The first kappa shape index (κ1) is 13.5. The molecular weight excluding hydrogens is 234 g/mol. The molecule has 100 valence electrons. The van der Waals surface area contributed by atoms with Crippen LogP contribution in [0.1, 0.15) is 23.6 Å². The lowest BCUT2D eigenvalue weighted by molar-refractivity contribution is 0.470. The summed E-state index contributed by atoms with van der Waals surface area (Å²) in [6, 6.07) is 14.6. The highest BCUT2D eigenvalue weighted by atomic mass is 16.3. The molecule has 0 fully saturated rings. The van der Waals surface area contributed by atoms with E-state index in [9.17, 15) is 5.11 Å². The van der Waals surface area contributed by atoms with Gasteiger partial charge in [-0.3, -0.25) is 0 Å². The van der Waals surface area contributed by atoms with E-state index in [1.807, 2.05) is 32.0 Å². The number of anilines is 1. The van der Waals surface area contributed by atoms with Gasteiger partial charge >= 0.3 is 0 Å². The first-order valence-corrected chi connectivity index (χ1v) is 6.67. The molecule has 2 N–H and O–H groups in total. The van der Waals surface area contributed by atoms with Gasteiger partial charge in [0.1, 0.15) is 5.75 Å². The van der Waals surface area contributed by atoms with Crippen molar-refractivity contribution in [3.8, 4) is 5.75 Å². The van der Waals surface area contributed by atoms with Crippen LogP contribution in [0, 0.1) is 13.8 Å². The fourth-order valence-corrected chi connectivity index (χ4v) is 2.24. The summed E-state index contributed by atoms with van der Waals surface area (Å²) >= 11 is 0. The van der Waals surface area contributed by atoms with Gasteiger partial charge in [-0.1, -0.05) is 30.3 Å². The summed E-state index contributed by atoms with van der Waals surface area (Å²) < 4.78 is 0. The number of phenolic OH excluding ortho intramolecular Hbond substituents is 1. The molecule has 2 rings (SSSR count). The number of phenols is 1. The van der Waals surface area contributed by atoms with Crippen LogP contribution in [0.3, 0.4) is 0 Å². The van der Waals surface area contributed by atoms with Gasteiger partial charge in [0.25, 0.3) is 0 Å². The van der Waals surface area contributed by atoms with Gasteiger partial charge in [-0.15, -0.1) is 0 Å². The molecule has 0 amide bonds. The molecule has 0 aliphatic rings. The second-order valence-corrected chi connectivity index (χ2v) is 5.19. The highest BCUT2D eigenvalue weighted by molar-refractivity contribution is 5.57. The molecule has 19 heavy (non-hydrogen) atoms. The maximum atomic E-state index is 9.67. The predicted molar refractivity (Wildman–Crippen MR) is 80.8 cm³/mol. The lowest BCUT2D eigenvalue weighted by Gasteiger charge is -2.18. The zero-order valence-corrected chi connectivity index (χ0v) is 11.8. The van der Waals surface area contributed by atoms with Gasteiger partial charge in [-0.05, 0) is 56.0 Å². The molecule has 2 heteroatoms. The van der Waals surface area contributed by atoms with Gasteiger partial charge in [0, 0.05) is 11.7 Å². The second kappa shape index (κ2) is 5.79. The molecule has 0 saturated heterocycles. The summed E-state index contributed by atoms with van der Waals surface area (Å²) in [5, 5.41) is 13.2. The predicted octanol–water partition coefficient (Wildman–Crippen LogP) is 4.05. The molecular formula is C17H21NO. The Bertz CT molecular complexity index is 549. The molecule has 1 unspecified atom stereocenters. The molecule has 2 aromatic rings. The smallest absolute Gasteiger partial charge is 0.118 e. The maximum absolute atomic E-state index is 9.67. The van der Waals surface area contributed by atoms with Crippen molar-refractivity contribution in [2.45, 2.75) is 33.2 Å². The maximum Gasteiger partial charge on any atom is 0.118 e. The van der Waals surface area contributed by atoms with Crippen molar-refractivity contribution >= 4 is 5.69 Å². The Hall–Kier alpha value is -1.96. The van der Waals surface area contributed by atoms with Gasteiger partial charge in [0.05, 0.1) is 0 Å². The van der Waals surface area contributed by atoms with Gasteiger partial charge in [-0.25, -0.2) is 0 Å². The fraction of sp³-hybridized carbons (Fsp3) is 0.294. The summed E-state index contributed by atoms with van der Waals surface area (Å²) in [5.41, 5.74) is 4.40.